The minimum Gasteiger partial charge on any atom is -0.493 e. The summed E-state index contributed by atoms with van der Waals surface area (Å²) in [6.07, 6.45) is 8.89. The van der Waals surface area contributed by atoms with Crippen LogP contribution in [0.25, 0.3) is 5.69 Å². The molecule has 7 rings (SSSR count). The van der Waals surface area contributed by atoms with Crippen molar-refractivity contribution in [3.63, 3.8) is 0 Å². The minimum atomic E-state index is -0.762. The highest BCUT2D eigenvalue weighted by atomic mass is 79.9. The lowest BCUT2D eigenvalue weighted by molar-refractivity contribution is -0.00521. The summed E-state index contributed by atoms with van der Waals surface area (Å²) >= 11 is 3.62. The number of aromatic nitrogens is 6. The van der Waals surface area contributed by atoms with Gasteiger partial charge >= 0.3 is 5.69 Å². The Labute approximate surface area is 196 Å². The number of tetrazole rings is 1. The predicted octanol–water partition coefficient (Wildman–Crippen LogP) is 2.73. The normalized spacial score (nSPS) is 28.1. The van der Waals surface area contributed by atoms with Crippen LogP contribution in [0.15, 0.2) is 37.3 Å². The zero-order valence-electron chi connectivity index (χ0n) is 17.7. The van der Waals surface area contributed by atoms with E-state index in [1.165, 1.54) is 44.1 Å². The van der Waals surface area contributed by atoms with E-state index in [4.69, 9.17) is 0 Å². The third-order valence-electron chi connectivity index (χ3n) is 7.60. The van der Waals surface area contributed by atoms with Crippen molar-refractivity contribution < 1.29 is 5.11 Å². The number of nitrogens with zero attached hydrogens (tertiary/aromatic N) is 5. The molecular formula is C22H22BrN7O3. The Morgan fingerprint density at radius 3 is 2.45 bits per heavy atom. The summed E-state index contributed by atoms with van der Waals surface area (Å²) in [7, 11) is 0. The third-order valence-corrected chi connectivity index (χ3v) is 8.24. The number of aromatic amines is 2. The van der Waals surface area contributed by atoms with Gasteiger partial charge < -0.3 is 5.11 Å². The zero-order chi connectivity index (χ0) is 22.7. The molecular weight excluding hydrogens is 490 g/mol. The number of halogens is 1. The monoisotopic (exact) mass is 511 g/mol. The molecule has 2 heterocycles. The highest BCUT2D eigenvalue weighted by Crippen LogP contribution is 2.60. The Balaban J connectivity index is 1.40. The first-order chi connectivity index (χ1) is 15.9. The van der Waals surface area contributed by atoms with Crippen molar-refractivity contribution in [2.75, 3.05) is 0 Å². The first-order valence-electron chi connectivity index (χ1n) is 11.1. The summed E-state index contributed by atoms with van der Waals surface area (Å²) in [5.74, 6) is 1.94. The van der Waals surface area contributed by atoms with Gasteiger partial charge in [-0.25, -0.2) is 14.4 Å². The fraction of sp³-hybridized carbons (Fsp3) is 0.455. The lowest BCUT2D eigenvalue weighted by atomic mass is 9.48. The van der Waals surface area contributed by atoms with Crippen LogP contribution in [0.4, 0.5) is 5.95 Å². The van der Waals surface area contributed by atoms with Crippen LogP contribution in [0.5, 0.6) is 5.88 Å². The van der Waals surface area contributed by atoms with E-state index in [0.717, 1.165) is 28.5 Å². The fourth-order valence-electron chi connectivity index (χ4n) is 6.69. The molecule has 0 spiro atoms. The molecule has 2 aromatic heterocycles. The van der Waals surface area contributed by atoms with Gasteiger partial charge in [-0.3, -0.25) is 9.78 Å². The second kappa shape index (κ2) is 7.47. The maximum Gasteiger partial charge on any atom is 0.335 e. The van der Waals surface area contributed by atoms with Crippen LogP contribution in [0.1, 0.15) is 49.7 Å². The average molecular weight is 512 g/mol. The largest absolute Gasteiger partial charge is 0.493 e. The zero-order valence-corrected chi connectivity index (χ0v) is 19.2. The molecule has 0 saturated heterocycles. The summed E-state index contributed by atoms with van der Waals surface area (Å²) in [6, 6.07) is 5.97. The molecule has 170 valence electrons. The van der Waals surface area contributed by atoms with E-state index in [0.29, 0.717) is 10.2 Å². The van der Waals surface area contributed by atoms with E-state index < -0.39 is 17.1 Å². The Kier molecular flexibility index (Phi) is 4.65. The van der Waals surface area contributed by atoms with Crippen molar-refractivity contribution in [2.45, 2.75) is 43.9 Å². The number of hydrogen-bond acceptors (Lipinski definition) is 7. The van der Waals surface area contributed by atoms with Gasteiger partial charge in [0.15, 0.2) is 0 Å². The SMILES string of the molecule is O=c1[nH]c(=O)n(-c2ccc(C34CC5CC(CC(C5)C3)C4)cc2Br)c(O)c1C=Nc1nn[nH]n1. The first-order valence-corrected chi connectivity index (χ1v) is 11.9. The molecule has 4 fully saturated rings. The smallest absolute Gasteiger partial charge is 0.335 e. The minimum absolute atomic E-state index is 0.00680. The number of nitrogens with one attached hydrogen (secondary N) is 2. The van der Waals surface area contributed by atoms with Crippen molar-refractivity contribution in [1.29, 1.82) is 0 Å². The van der Waals surface area contributed by atoms with Gasteiger partial charge in [-0.05, 0) is 101 Å². The van der Waals surface area contributed by atoms with E-state index >= 15 is 0 Å². The van der Waals surface area contributed by atoms with E-state index in [2.05, 4.69) is 58.7 Å². The van der Waals surface area contributed by atoms with Crippen LogP contribution in [0, 0.1) is 17.8 Å². The number of aliphatic imine (C=N–C) groups is 1. The maximum atomic E-state index is 12.6. The van der Waals surface area contributed by atoms with E-state index in [9.17, 15) is 14.7 Å². The average Bonchev–Trinajstić information content (AvgIpc) is 3.27. The topological polar surface area (TPSA) is 142 Å². The first kappa shape index (κ1) is 20.5. The molecule has 4 aliphatic rings. The van der Waals surface area contributed by atoms with Gasteiger partial charge in [-0.1, -0.05) is 11.2 Å². The van der Waals surface area contributed by atoms with Gasteiger partial charge in [0, 0.05) is 10.7 Å². The highest BCUT2D eigenvalue weighted by Gasteiger charge is 2.51. The number of rotatable bonds is 4. The molecule has 3 N–H and O–H groups in total. The van der Waals surface area contributed by atoms with Crippen LogP contribution in [-0.2, 0) is 5.41 Å². The lowest BCUT2D eigenvalue weighted by Gasteiger charge is -2.57. The molecule has 0 amide bonds. The van der Waals surface area contributed by atoms with Gasteiger partial charge in [0.25, 0.3) is 11.5 Å². The molecule has 4 saturated carbocycles. The highest BCUT2D eigenvalue weighted by molar-refractivity contribution is 9.10. The Morgan fingerprint density at radius 1 is 1.15 bits per heavy atom. The van der Waals surface area contributed by atoms with Crippen LogP contribution in [-0.4, -0.2) is 41.5 Å². The standard InChI is InChI=1S/C22H22BrN7O3/c23-16-6-14(22-7-11-3-12(8-22)5-13(4-11)9-22)1-2-17(16)30-19(32)15(18(31)25-21(30)33)10-24-20-26-28-29-27-20/h1-2,6,10-13,32H,3-5,7-9H2,(H,25,31,33)(H,26,27,28,29). The third kappa shape index (κ3) is 3.36. The molecule has 3 aromatic rings. The number of aromatic hydroxyl groups is 1. The number of benzene rings is 1. The second-order valence-electron chi connectivity index (χ2n) is 9.67. The summed E-state index contributed by atoms with van der Waals surface area (Å²) in [5.41, 5.74) is 0.247. The summed E-state index contributed by atoms with van der Waals surface area (Å²) < 4.78 is 1.74. The second-order valence-corrected chi connectivity index (χ2v) is 10.5. The van der Waals surface area contributed by atoms with Gasteiger partial charge in [-0.15, -0.1) is 5.10 Å². The van der Waals surface area contributed by atoms with E-state index in [1.807, 2.05) is 6.07 Å². The molecule has 0 aliphatic heterocycles. The molecule has 0 atom stereocenters. The van der Waals surface area contributed by atoms with Crippen molar-refractivity contribution in [3.05, 3.63) is 54.6 Å². The van der Waals surface area contributed by atoms with Crippen LogP contribution in [0.3, 0.4) is 0 Å². The molecule has 33 heavy (non-hydrogen) atoms. The van der Waals surface area contributed by atoms with Gasteiger partial charge in [0.1, 0.15) is 5.56 Å². The summed E-state index contributed by atoms with van der Waals surface area (Å²) in [5, 5.41) is 23.8. The quantitative estimate of drug-likeness (QED) is 0.459. The molecule has 0 radical (unpaired) electrons. The Bertz CT molecular complexity index is 1340. The maximum absolute atomic E-state index is 12.6. The number of hydrogen-bond donors (Lipinski definition) is 3. The van der Waals surface area contributed by atoms with Crippen molar-refractivity contribution in [2.24, 2.45) is 22.7 Å². The summed E-state index contributed by atoms with van der Waals surface area (Å²) in [6.45, 7) is 0. The van der Waals surface area contributed by atoms with Crippen molar-refractivity contribution >= 4 is 28.1 Å². The van der Waals surface area contributed by atoms with Crippen LogP contribution >= 0.6 is 15.9 Å². The van der Waals surface area contributed by atoms with Crippen molar-refractivity contribution in [3.8, 4) is 11.6 Å². The molecule has 10 nitrogen and oxygen atoms in total. The van der Waals surface area contributed by atoms with Gasteiger partial charge in [-0.2, -0.15) is 5.21 Å². The molecule has 11 heteroatoms. The predicted molar refractivity (Wildman–Crippen MR) is 123 cm³/mol. The number of H-pyrrole nitrogens is 2. The fourth-order valence-corrected chi connectivity index (χ4v) is 7.25. The lowest BCUT2D eigenvalue weighted by Crippen LogP contribution is -2.48. The van der Waals surface area contributed by atoms with Crippen molar-refractivity contribution in [1.82, 2.24) is 30.2 Å². The van der Waals surface area contributed by atoms with Crippen LogP contribution in [0.2, 0.25) is 0 Å². The van der Waals surface area contributed by atoms with E-state index in [-0.39, 0.29) is 16.9 Å². The Hall–Kier alpha value is -3.08. The van der Waals surface area contributed by atoms with Gasteiger partial charge in [0.2, 0.25) is 5.88 Å². The molecule has 0 unspecified atom stereocenters. The molecule has 1 aromatic carbocycles. The molecule has 4 aliphatic carbocycles. The summed E-state index contributed by atoms with van der Waals surface area (Å²) in [4.78, 5) is 31.1. The van der Waals surface area contributed by atoms with E-state index in [1.54, 1.807) is 0 Å². The van der Waals surface area contributed by atoms with Crippen LogP contribution < -0.4 is 11.2 Å². The molecule has 4 bridgehead atoms. The Morgan fingerprint density at radius 2 is 1.85 bits per heavy atom. The van der Waals surface area contributed by atoms with Gasteiger partial charge in [0.05, 0.1) is 5.69 Å².